The molecule has 1 aliphatic rings. The SMILES string of the molecule is C=CCNC(=O)COC(=O)c1c2c(nc3ccccc13)C(=Cc1cc(OC)c(OC)c(OC)c1)CC2. The van der Waals surface area contributed by atoms with Crippen LogP contribution in [0.5, 0.6) is 17.2 Å². The Bertz CT molecular complexity index is 1340. The number of pyridine rings is 1. The second kappa shape index (κ2) is 10.9. The summed E-state index contributed by atoms with van der Waals surface area (Å²) in [6.45, 7) is 3.49. The number of ether oxygens (including phenoxy) is 4. The fourth-order valence-electron chi connectivity index (χ4n) is 4.34. The van der Waals surface area contributed by atoms with Gasteiger partial charge in [-0.25, -0.2) is 9.78 Å². The lowest BCUT2D eigenvalue weighted by molar-refractivity contribution is -0.124. The summed E-state index contributed by atoms with van der Waals surface area (Å²) < 4.78 is 21.8. The molecule has 4 rings (SSSR count). The van der Waals surface area contributed by atoms with Crippen molar-refractivity contribution in [1.29, 1.82) is 0 Å². The van der Waals surface area contributed by atoms with Crippen molar-refractivity contribution in [2.75, 3.05) is 34.5 Å². The monoisotopic (exact) mass is 488 g/mol. The third-order valence-electron chi connectivity index (χ3n) is 5.95. The molecule has 8 nitrogen and oxygen atoms in total. The number of methoxy groups -OCH3 is 3. The molecule has 0 radical (unpaired) electrons. The molecule has 0 atom stereocenters. The number of fused-ring (bicyclic) bond motifs is 2. The molecule has 186 valence electrons. The van der Waals surface area contributed by atoms with Gasteiger partial charge < -0.3 is 24.3 Å². The number of hydrogen-bond acceptors (Lipinski definition) is 7. The molecule has 1 heterocycles. The first-order valence-corrected chi connectivity index (χ1v) is 11.5. The lowest BCUT2D eigenvalue weighted by atomic mass is 10.0. The molecule has 1 N–H and O–H groups in total. The number of carbonyl (C=O) groups is 2. The Morgan fingerprint density at radius 1 is 1.06 bits per heavy atom. The average molecular weight is 489 g/mol. The van der Waals surface area contributed by atoms with E-state index in [-0.39, 0.29) is 12.5 Å². The minimum Gasteiger partial charge on any atom is -0.493 e. The Balaban J connectivity index is 1.75. The molecule has 1 amide bonds. The van der Waals surface area contributed by atoms with E-state index in [0.717, 1.165) is 22.4 Å². The summed E-state index contributed by atoms with van der Waals surface area (Å²) in [6.07, 6.45) is 4.88. The molecule has 0 saturated heterocycles. The molecule has 1 aromatic heterocycles. The van der Waals surface area contributed by atoms with Gasteiger partial charge in [-0.2, -0.15) is 0 Å². The van der Waals surface area contributed by atoms with Crippen LogP contribution in [0.3, 0.4) is 0 Å². The highest BCUT2D eigenvalue weighted by Gasteiger charge is 2.28. The zero-order chi connectivity index (χ0) is 25.7. The van der Waals surface area contributed by atoms with E-state index in [4.69, 9.17) is 23.9 Å². The molecule has 3 aromatic rings. The molecule has 0 fully saturated rings. The molecule has 0 bridgehead atoms. The average Bonchev–Trinajstić information content (AvgIpc) is 3.30. The second-order valence-corrected chi connectivity index (χ2v) is 8.13. The third kappa shape index (κ3) is 4.88. The summed E-state index contributed by atoms with van der Waals surface area (Å²) in [6, 6.07) is 11.2. The molecule has 0 saturated carbocycles. The number of para-hydroxylation sites is 1. The second-order valence-electron chi connectivity index (χ2n) is 8.13. The number of rotatable bonds is 9. The maximum Gasteiger partial charge on any atom is 0.339 e. The Morgan fingerprint density at radius 3 is 2.44 bits per heavy atom. The van der Waals surface area contributed by atoms with Crippen LogP contribution in [-0.2, 0) is 16.0 Å². The Labute approximate surface area is 209 Å². The first kappa shape index (κ1) is 24.8. The highest BCUT2D eigenvalue weighted by molar-refractivity contribution is 6.07. The van der Waals surface area contributed by atoms with E-state index in [9.17, 15) is 9.59 Å². The van der Waals surface area contributed by atoms with Crippen LogP contribution >= 0.6 is 0 Å². The van der Waals surface area contributed by atoms with Gasteiger partial charge in [0.05, 0.1) is 38.1 Å². The van der Waals surface area contributed by atoms with Gasteiger partial charge in [0.15, 0.2) is 18.1 Å². The summed E-state index contributed by atoms with van der Waals surface area (Å²) >= 11 is 0. The van der Waals surface area contributed by atoms with E-state index in [1.54, 1.807) is 27.4 Å². The van der Waals surface area contributed by atoms with Crippen LogP contribution in [0.4, 0.5) is 0 Å². The minimum atomic E-state index is -0.548. The molecule has 2 aromatic carbocycles. The first-order chi connectivity index (χ1) is 17.5. The van der Waals surface area contributed by atoms with Crippen LogP contribution < -0.4 is 19.5 Å². The van der Waals surface area contributed by atoms with Crippen molar-refractivity contribution >= 4 is 34.4 Å². The van der Waals surface area contributed by atoms with Gasteiger partial charge in [0, 0.05) is 11.9 Å². The van der Waals surface area contributed by atoms with Crippen molar-refractivity contribution in [3.8, 4) is 17.2 Å². The maximum absolute atomic E-state index is 13.2. The Kier molecular flexibility index (Phi) is 7.53. The molecule has 1 aliphatic carbocycles. The normalized spacial score (nSPS) is 13.2. The highest BCUT2D eigenvalue weighted by Crippen LogP contribution is 2.41. The lowest BCUT2D eigenvalue weighted by Crippen LogP contribution is -2.29. The molecule has 0 unspecified atom stereocenters. The van der Waals surface area contributed by atoms with Gasteiger partial charge in [-0.05, 0) is 53.8 Å². The molecule has 36 heavy (non-hydrogen) atoms. The quantitative estimate of drug-likeness (QED) is 0.356. The predicted molar refractivity (Wildman–Crippen MR) is 138 cm³/mol. The molecule has 0 aliphatic heterocycles. The number of nitrogens with zero attached hydrogens (tertiary/aromatic N) is 1. The largest absolute Gasteiger partial charge is 0.493 e. The van der Waals surface area contributed by atoms with Gasteiger partial charge in [-0.1, -0.05) is 24.3 Å². The van der Waals surface area contributed by atoms with Crippen molar-refractivity contribution < 1.29 is 28.5 Å². The number of nitrogens with one attached hydrogen (secondary N) is 1. The molecule has 0 spiro atoms. The lowest BCUT2D eigenvalue weighted by Gasteiger charge is -2.14. The first-order valence-electron chi connectivity index (χ1n) is 11.5. The predicted octanol–water partition coefficient (Wildman–Crippen LogP) is 4.21. The molecule has 8 heteroatoms. The number of allylic oxidation sites excluding steroid dienone is 1. The maximum atomic E-state index is 13.2. The fraction of sp³-hybridized carbons (Fsp3) is 0.250. The standard InChI is InChI=1S/C28H28N2O6/c1-5-12-29-24(31)16-36-28(32)25-19-8-6-7-9-21(19)30-26-18(10-11-20(25)26)13-17-14-22(33-2)27(35-4)23(15-17)34-3/h5-9,13-15H,1,10-12,16H2,2-4H3,(H,29,31). The zero-order valence-corrected chi connectivity index (χ0v) is 20.6. The van der Waals surface area contributed by atoms with Gasteiger partial charge in [0.2, 0.25) is 5.75 Å². The number of hydrogen-bond donors (Lipinski definition) is 1. The number of esters is 1. The van der Waals surface area contributed by atoms with Crippen molar-refractivity contribution in [3.05, 3.63) is 71.4 Å². The Hall–Kier alpha value is -4.33. The van der Waals surface area contributed by atoms with Crippen molar-refractivity contribution in [2.24, 2.45) is 0 Å². The topological polar surface area (TPSA) is 96.0 Å². The summed E-state index contributed by atoms with van der Waals surface area (Å²) in [5, 5.41) is 3.30. The minimum absolute atomic E-state index is 0.305. The van der Waals surface area contributed by atoms with Gasteiger partial charge in [0.25, 0.3) is 5.91 Å². The van der Waals surface area contributed by atoms with Crippen LogP contribution in [-0.4, -0.2) is 51.3 Å². The van der Waals surface area contributed by atoms with Gasteiger partial charge in [0.1, 0.15) is 0 Å². The van der Waals surface area contributed by atoms with Crippen molar-refractivity contribution in [1.82, 2.24) is 10.3 Å². The summed E-state index contributed by atoms with van der Waals surface area (Å²) in [4.78, 5) is 30.0. The summed E-state index contributed by atoms with van der Waals surface area (Å²) in [5.41, 5.74) is 4.50. The summed E-state index contributed by atoms with van der Waals surface area (Å²) in [7, 11) is 4.70. The fourth-order valence-corrected chi connectivity index (χ4v) is 4.34. The number of amides is 1. The van der Waals surface area contributed by atoms with E-state index in [1.165, 1.54) is 0 Å². The van der Waals surface area contributed by atoms with Crippen LogP contribution in [0.15, 0.2) is 49.1 Å². The molecular formula is C28H28N2O6. The smallest absolute Gasteiger partial charge is 0.339 e. The van der Waals surface area contributed by atoms with Crippen molar-refractivity contribution in [2.45, 2.75) is 12.8 Å². The van der Waals surface area contributed by atoms with Gasteiger partial charge in [-0.3, -0.25) is 4.79 Å². The van der Waals surface area contributed by atoms with Crippen molar-refractivity contribution in [3.63, 3.8) is 0 Å². The third-order valence-corrected chi connectivity index (χ3v) is 5.95. The van der Waals surface area contributed by atoms with Crippen LogP contribution in [0.2, 0.25) is 0 Å². The van der Waals surface area contributed by atoms with E-state index < -0.39 is 5.97 Å². The number of benzene rings is 2. The highest BCUT2D eigenvalue weighted by atomic mass is 16.5. The van der Waals surface area contributed by atoms with Crippen LogP contribution in [0.1, 0.15) is 33.6 Å². The van der Waals surface area contributed by atoms with Gasteiger partial charge in [-0.15, -0.1) is 6.58 Å². The summed E-state index contributed by atoms with van der Waals surface area (Å²) in [5.74, 6) is 0.675. The van der Waals surface area contributed by atoms with E-state index in [1.807, 2.05) is 42.5 Å². The van der Waals surface area contributed by atoms with Crippen LogP contribution in [0.25, 0.3) is 22.6 Å². The van der Waals surface area contributed by atoms with Crippen LogP contribution in [0, 0.1) is 0 Å². The van der Waals surface area contributed by atoms with E-state index in [0.29, 0.717) is 53.1 Å². The van der Waals surface area contributed by atoms with E-state index in [2.05, 4.69) is 11.9 Å². The molecular weight excluding hydrogens is 460 g/mol. The Morgan fingerprint density at radius 2 is 1.78 bits per heavy atom. The number of carbonyl (C=O) groups excluding carboxylic acids is 2. The van der Waals surface area contributed by atoms with E-state index >= 15 is 0 Å². The zero-order valence-electron chi connectivity index (χ0n) is 20.6. The van der Waals surface area contributed by atoms with Gasteiger partial charge >= 0.3 is 5.97 Å². The number of aromatic nitrogens is 1.